The first-order valence-corrected chi connectivity index (χ1v) is 13.4. The smallest absolute Gasteiger partial charge is 0.355 e. The van der Waals surface area contributed by atoms with Gasteiger partial charge in [0, 0.05) is 30.2 Å². The molecule has 0 spiro atoms. The number of esters is 3. The van der Waals surface area contributed by atoms with Crippen LogP contribution in [0.5, 0.6) is 0 Å². The standard InChI is InChI=1S/C22H27N5O10S2/c1-4-34-5-6-35-14(29)8-37-21(32)17-12(7-36-11(2)28)9-38-20-16(19(31)27(17)20)25-18(30)15(26-33-3)13-10-39-22(23)24-13/h10,16,20H,4-9H2,1-3H3,(H2,23,24)(H,25,30)/t16-,20-/m1/s1. The number of nitrogens with one attached hydrogen (secondary N) is 1. The quantitative estimate of drug-likeness (QED) is 0.0745. The highest BCUT2D eigenvalue weighted by atomic mass is 32.2. The molecule has 15 nitrogen and oxygen atoms in total. The number of hydrogen-bond acceptors (Lipinski definition) is 15. The summed E-state index contributed by atoms with van der Waals surface area (Å²) in [5.74, 6) is -3.57. The first-order valence-electron chi connectivity index (χ1n) is 11.5. The summed E-state index contributed by atoms with van der Waals surface area (Å²) in [6.07, 6.45) is 0. The Hall–Kier alpha value is -3.70. The molecular formula is C22H27N5O10S2. The molecule has 0 aromatic carbocycles. The number of anilines is 1. The van der Waals surface area contributed by atoms with Crippen LogP contribution in [-0.2, 0) is 47.8 Å². The molecule has 3 N–H and O–H groups in total. The molecule has 0 radical (unpaired) electrons. The van der Waals surface area contributed by atoms with E-state index in [0.717, 1.165) is 16.2 Å². The highest BCUT2D eigenvalue weighted by molar-refractivity contribution is 8.00. The summed E-state index contributed by atoms with van der Waals surface area (Å²) < 4.78 is 20.1. The fourth-order valence-corrected chi connectivity index (χ4v) is 5.34. The lowest BCUT2D eigenvalue weighted by Crippen LogP contribution is -2.71. The molecule has 3 heterocycles. The summed E-state index contributed by atoms with van der Waals surface area (Å²) in [7, 11) is 1.25. The SMILES string of the molecule is CCOCCOC(=O)COC(=O)C1=C(COC(C)=O)CS[C@@H]2[C@H](NC(=O)C(=NOC)c3csc(N)n3)C(=O)N12. The van der Waals surface area contributed by atoms with Gasteiger partial charge in [-0.2, -0.15) is 0 Å². The number of fused-ring (bicyclic) bond motifs is 1. The van der Waals surface area contributed by atoms with Crippen LogP contribution in [0.15, 0.2) is 21.8 Å². The zero-order valence-electron chi connectivity index (χ0n) is 21.3. The molecule has 2 aliphatic heterocycles. The van der Waals surface area contributed by atoms with Crippen LogP contribution in [-0.4, -0.2) is 103 Å². The number of hydrogen-bond donors (Lipinski definition) is 2. The van der Waals surface area contributed by atoms with Gasteiger partial charge < -0.3 is 34.8 Å². The first-order chi connectivity index (χ1) is 18.7. The predicted molar refractivity (Wildman–Crippen MR) is 137 cm³/mol. The third-order valence-corrected chi connectivity index (χ3v) is 7.17. The Morgan fingerprint density at radius 2 is 2.00 bits per heavy atom. The molecule has 0 aliphatic carbocycles. The van der Waals surface area contributed by atoms with Crippen molar-refractivity contribution < 1.29 is 47.8 Å². The predicted octanol–water partition coefficient (Wildman–Crippen LogP) is -0.584. The van der Waals surface area contributed by atoms with Crippen LogP contribution in [0.4, 0.5) is 5.13 Å². The number of nitrogens with zero attached hydrogens (tertiary/aromatic N) is 3. The average molecular weight is 586 g/mol. The second kappa shape index (κ2) is 13.9. The zero-order chi connectivity index (χ0) is 28.5. The lowest BCUT2D eigenvalue weighted by molar-refractivity contribution is -0.160. The maximum absolute atomic E-state index is 13.1. The van der Waals surface area contributed by atoms with E-state index in [0.29, 0.717) is 12.2 Å². The molecule has 0 unspecified atom stereocenters. The number of amides is 2. The van der Waals surface area contributed by atoms with Crippen molar-refractivity contribution in [1.82, 2.24) is 15.2 Å². The summed E-state index contributed by atoms with van der Waals surface area (Å²) in [6, 6.07) is -1.03. The van der Waals surface area contributed by atoms with E-state index in [9.17, 15) is 24.0 Å². The van der Waals surface area contributed by atoms with E-state index in [-0.39, 0.29) is 47.8 Å². The summed E-state index contributed by atoms with van der Waals surface area (Å²) >= 11 is 2.33. The molecule has 1 aromatic heterocycles. The number of nitrogen functional groups attached to an aromatic ring is 1. The van der Waals surface area contributed by atoms with Gasteiger partial charge in [0.2, 0.25) is 0 Å². The normalized spacial score (nSPS) is 18.6. The summed E-state index contributed by atoms with van der Waals surface area (Å²) in [4.78, 5) is 72.2. The number of carbonyl (C=O) groups is 5. The molecule has 39 heavy (non-hydrogen) atoms. The lowest BCUT2D eigenvalue weighted by Gasteiger charge is -2.49. The van der Waals surface area contributed by atoms with E-state index in [1.165, 1.54) is 31.2 Å². The van der Waals surface area contributed by atoms with Gasteiger partial charge in [-0.05, 0) is 6.92 Å². The van der Waals surface area contributed by atoms with Gasteiger partial charge in [0.25, 0.3) is 11.8 Å². The van der Waals surface area contributed by atoms with Crippen LogP contribution in [0.25, 0.3) is 0 Å². The fraction of sp³-hybridized carbons (Fsp3) is 0.500. The number of ether oxygens (including phenoxy) is 4. The van der Waals surface area contributed by atoms with E-state index in [1.807, 2.05) is 0 Å². The van der Waals surface area contributed by atoms with Gasteiger partial charge in [-0.25, -0.2) is 14.6 Å². The second-order valence-electron chi connectivity index (χ2n) is 7.78. The van der Waals surface area contributed by atoms with Crippen molar-refractivity contribution in [3.8, 4) is 0 Å². The molecule has 2 atom stereocenters. The zero-order valence-corrected chi connectivity index (χ0v) is 22.9. The minimum absolute atomic E-state index is 0.0167. The molecule has 1 aromatic rings. The monoisotopic (exact) mass is 585 g/mol. The third kappa shape index (κ3) is 7.45. The number of oxime groups is 1. The van der Waals surface area contributed by atoms with Crippen LogP contribution < -0.4 is 11.1 Å². The van der Waals surface area contributed by atoms with E-state index < -0.39 is 47.7 Å². The Kier molecular flexibility index (Phi) is 10.6. The molecule has 0 saturated carbocycles. The molecule has 1 fully saturated rings. The van der Waals surface area contributed by atoms with E-state index >= 15 is 0 Å². The van der Waals surface area contributed by atoms with Crippen molar-refractivity contribution in [3.63, 3.8) is 0 Å². The number of nitrogens with two attached hydrogens (primary N) is 1. The van der Waals surface area contributed by atoms with Crippen molar-refractivity contribution in [2.24, 2.45) is 5.16 Å². The van der Waals surface area contributed by atoms with Gasteiger partial charge in [-0.1, -0.05) is 5.16 Å². The lowest BCUT2D eigenvalue weighted by atomic mass is 10.0. The van der Waals surface area contributed by atoms with E-state index in [4.69, 9.17) is 29.5 Å². The highest BCUT2D eigenvalue weighted by Crippen LogP contribution is 2.40. The van der Waals surface area contributed by atoms with E-state index in [1.54, 1.807) is 6.92 Å². The maximum Gasteiger partial charge on any atom is 0.355 e. The number of thiazole rings is 1. The Labute approximate surface area is 231 Å². The van der Waals surface area contributed by atoms with Crippen LogP contribution in [0, 0.1) is 0 Å². The van der Waals surface area contributed by atoms with Gasteiger partial charge in [-0.15, -0.1) is 23.1 Å². The molecule has 0 bridgehead atoms. The Morgan fingerprint density at radius 1 is 1.23 bits per heavy atom. The summed E-state index contributed by atoms with van der Waals surface area (Å²) in [5, 5.41) is 7.31. The second-order valence-corrected chi connectivity index (χ2v) is 9.78. The first kappa shape index (κ1) is 29.9. The van der Waals surface area contributed by atoms with Crippen LogP contribution >= 0.6 is 23.1 Å². The van der Waals surface area contributed by atoms with Gasteiger partial charge >= 0.3 is 17.9 Å². The molecular weight excluding hydrogens is 558 g/mol. The van der Waals surface area contributed by atoms with Crippen LogP contribution in [0.2, 0.25) is 0 Å². The van der Waals surface area contributed by atoms with Crippen LogP contribution in [0.3, 0.4) is 0 Å². The topological polar surface area (TPSA) is 198 Å². The molecule has 2 amide bonds. The van der Waals surface area contributed by atoms with Crippen molar-refractivity contribution in [2.75, 3.05) is 51.6 Å². The van der Waals surface area contributed by atoms with Gasteiger partial charge in [0.1, 0.15) is 43.1 Å². The third-order valence-electron chi connectivity index (χ3n) is 5.16. The minimum atomic E-state index is -1.03. The Balaban J connectivity index is 1.72. The maximum atomic E-state index is 13.1. The van der Waals surface area contributed by atoms with Crippen LogP contribution in [0.1, 0.15) is 19.5 Å². The number of thioether (sulfide) groups is 1. The van der Waals surface area contributed by atoms with Crippen molar-refractivity contribution in [1.29, 1.82) is 0 Å². The number of carbonyl (C=O) groups excluding carboxylic acids is 5. The van der Waals surface area contributed by atoms with Gasteiger partial charge in [0.05, 0.1) is 6.61 Å². The number of rotatable bonds is 13. The number of aromatic nitrogens is 1. The average Bonchev–Trinajstić information content (AvgIpc) is 3.34. The fourth-order valence-electron chi connectivity index (χ4n) is 3.47. The summed E-state index contributed by atoms with van der Waals surface area (Å²) in [6.45, 7) is 2.64. The Morgan fingerprint density at radius 3 is 2.64 bits per heavy atom. The molecule has 212 valence electrons. The highest BCUT2D eigenvalue weighted by Gasteiger charge is 2.55. The minimum Gasteiger partial charge on any atom is -0.461 e. The van der Waals surface area contributed by atoms with Gasteiger partial charge in [-0.3, -0.25) is 19.3 Å². The molecule has 1 saturated heterocycles. The molecule has 3 rings (SSSR count). The Bertz CT molecular complexity index is 1180. The summed E-state index contributed by atoms with van der Waals surface area (Å²) in [5.41, 5.74) is 5.75. The van der Waals surface area contributed by atoms with Crippen molar-refractivity contribution in [3.05, 3.63) is 22.3 Å². The number of β-lactam (4-membered cyclic amide) rings is 1. The van der Waals surface area contributed by atoms with E-state index in [2.05, 4.69) is 15.5 Å². The van der Waals surface area contributed by atoms with Crippen molar-refractivity contribution >= 4 is 63.7 Å². The van der Waals surface area contributed by atoms with Crippen molar-refractivity contribution in [2.45, 2.75) is 25.3 Å². The van der Waals surface area contributed by atoms with Gasteiger partial charge in [0.15, 0.2) is 17.5 Å². The molecule has 17 heteroatoms. The largest absolute Gasteiger partial charge is 0.461 e. The molecule has 2 aliphatic rings.